The SMILES string of the molecule is O=[N+]([O-])c1ccc(NC(c2cccs2)C2CC2)cc1. The van der Waals surface area contributed by atoms with Crippen molar-refractivity contribution in [2.75, 3.05) is 5.32 Å². The summed E-state index contributed by atoms with van der Waals surface area (Å²) >= 11 is 1.76. The molecule has 1 fully saturated rings. The second kappa shape index (κ2) is 5.01. The van der Waals surface area contributed by atoms with E-state index in [2.05, 4.69) is 22.8 Å². The number of hydrogen-bond donors (Lipinski definition) is 1. The van der Waals surface area contributed by atoms with Gasteiger partial charge in [0.05, 0.1) is 11.0 Å². The Hall–Kier alpha value is -1.88. The van der Waals surface area contributed by atoms with Gasteiger partial charge in [0, 0.05) is 22.7 Å². The lowest BCUT2D eigenvalue weighted by Crippen LogP contribution is -2.11. The molecule has 1 aliphatic rings. The fourth-order valence-corrected chi connectivity index (χ4v) is 3.05. The number of nitro groups is 1. The molecule has 0 aliphatic heterocycles. The van der Waals surface area contributed by atoms with Crippen LogP contribution in [0.25, 0.3) is 0 Å². The summed E-state index contributed by atoms with van der Waals surface area (Å²) in [5.41, 5.74) is 1.07. The molecular weight excluding hydrogens is 260 g/mol. The molecule has 4 nitrogen and oxygen atoms in total. The van der Waals surface area contributed by atoms with Crippen molar-refractivity contribution in [3.05, 3.63) is 56.8 Å². The van der Waals surface area contributed by atoms with Crippen molar-refractivity contribution in [2.45, 2.75) is 18.9 Å². The van der Waals surface area contributed by atoms with Gasteiger partial charge in [0.2, 0.25) is 0 Å². The summed E-state index contributed by atoms with van der Waals surface area (Å²) in [6, 6.07) is 11.2. The number of nitrogens with zero attached hydrogens (tertiary/aromatic N) is 1. The molecule has 0 bridgehead atoms. The van der Waals surface area contributed by atoms with Gasteiger partial charge in [-0.2, -0.15) is 0 Å². The minimum atomic E-state index is -0.374. The van der Waals surface area contributed by atoms with E-state index in [-0.39, 0.29) is 10.6 Å². The van der Waals surface area contributed by atoms with Gasteiger partial charge in [0.15, 0.2) is 0 Å². The Labute approximate surface area is 115 Å². The zero-order chi connectivity index (χ0) is 13.2. The summed E-state index contributed by atoms with van der Waals surface area (Å²) in [5, 5.41) is 16.2. The van der Waals surface area contributed by atoms with E-state index in [0.29, 0.717) is 12.0 Å². The molecule has 1 aliphatic carbocycles. The van der Waals surface area contributed by atoms with E-state index in [0.717, 1.165) is 5.69 Å². The predicted octanol–water partition coefficient (Wildman–Crippen LogP) is 4.22. The van der Waals surface area contributed by atoms with Crippen LogP contribution in [0.3, 0.4) is 0 Å². The van der Waals surface area contributed by atoms with Gasteiger partial charge in [-0.05, 0) is 42.3 Å². The molecule has 0 radical (unpaired) electrons. The van der Waals surface area contributed by atoms with Crippen LogP contribution in [0.1, 0.15) is 23.8 Å². The lowest BCUT2D eigenvalue weighted by atomic mass is 10.1. The number of non-ortho nitro benzene ring substituents is 1. The molecule has 5 heteroatoms. The van der Waals surface area contributed by atoms with Gasteiger partial charge in [-0.25, -0.2) is 0 Å². The molecule has 1 atom stereocenters. The molecule has 1 unspecified atom stereocenters. The molecule has 1 aromatic heterocycles. The largest absolute Gasteiger partial charge is 0.377 e. The molecule has 1 saturated carbocycles. The topological polar surface area (TPSA) is 55.2 Å². The van der Waals surface area contributed by atoms with Gasteiger partial charge in [-0.15, -0.1) is 11.3 Å². The molecule has 1 N–H and O–H groups in total. The third kappa shape index (κ3) is 2.76. The number of anilines is 1. The highest BCUT2D eigenvalue weighted by Crippen LogP contribution is 2.44. The van der Waals surface area contributed by atoms with Gasteiger partial charge in [0.1, 0.15) is 0 Å². The van der Waals surface area contributed by atoms with E-state index in [1.807, 2.05) is 0 Å². The Morgan fingerprint density at radius 3 is 2.53 bits per heavy atom. The Morgan fingerprint density at radius 1 is 1.26 bits per heavy atom. The Balaban J connectivity index is 1.77. The van der Waals surface area contributed by atoms with Crippen LogP contribution in [-0.2, 0) is 0 Å². The number of thiophene rings is 1. The number of rotatable bonds is 5. The number of hydrogen-bond acceptors (Lipinski definition) is 4. The zero-order valence-corrected chi connectivity index (χ0v) is 11.1. The van der Waals surface area contributed by atoms with E-state index < -0.39 is 0 Å². The van der Waals surface area contributed by atoms with Crippen molar-refractivity contribution in [3.8, 4) is 0 Å². The first-order chi connectivity index (χ1) is 9.24. The molecule has 2 aromatic rings. The van der Waals surface area contributed by atoms with Gasteiger partial charge < -0.3 is 5.32 Å². The van der Waals surface area contributed by atoms with Crippen molar-refractivity contribution < 1.29 is 4.92 Å². The second-order valence-electron chi connectivity index (χ2n) is 4.78. The van der Waals surface area contributed by atoms with E-state index >= 15 is 0 Å². The predicted molar refractivity (Wildman–Crippen MR) is 76.5 cm³/mol. The van der Waals surface area contributed by atoms with Crippen LogP contribution in [0, 0.1) is 16.0 Å². The minimum absolute atomic E-state index is 0.129. The maximum Gasteiger partial charge on any atom is 0.269 e. The van der Waals surface area contributed by atoms with Crippen molar-refractivity contribution >= 4 is 22.7 Å². The van der Waals surface area contributed by atoms with E-state index in [9.17, 15) is 10.1 Å². The standard InChI is InChI=1S/C14H14N2O2S/c17-16(18)12-7-5-11(6-8-12)15-14(10-3-4-10)13-2-1-9-19-13/h1-2,5-10,14-15H,3-4H2. The van der Waals surface area contributed by atoms with Crippen LogP contribution in [0.5, 0.6) is 0 Å². The molecule has 19 heavy (non-hydrogen) atoms. The second-order valence-corrected chi connectivity index (χ2v) is 5.76. The molecule has 0 amide bonds. The maximum atomic E-state index is 10.6. The van der Waals surface area contributed by atoms with Crippen molar-refractivity contribution in [1.29, 1.82) is 0 Å². The van der Waals surface area contributed by atoms with Gasteiger partial charge in [0.25, 0.3) is 5.69 Å². The molecule has 0 saturated heterocycles. The third-order valence-corrected chi connectivity index (χ3v) is 4.30. The average molecular weight is 274 g/mol. The highest BCUT2D eigenvalue weighted by molar-refractivity contribution is 7.10. The highest BCUT2D eigenvalue weighted by Gasteiger charge is 2.32. The smallest absolute Gasteiger partial charge is 0.269 e. The lowest BCUT2D eigenvalue weighted by molar-refractivity contribution is -0.384. The van der Waals surface area contributed by atoms with Crippen LogP contribution in [0.4, 0.5) is 11.4 Å². The molecule has 98 valence electrons. The average Bonchev–Trinajstić information content (AvgIpc) is 3.11. The van der Waals surface area contributed by atoms with Crippen LogP contribution in [0.2, 0.25) is 0 Å². The quantitative estimate of drug-likeness (QED) is 0.656. The zero-order valence-electron chi connectivity index (χ0n) is 10.3. The first-order valence-corrected chi connectivity index (χ1v) is 7.16. The van der Waals surface area contributed by atoms with Gasteiger partial charge >= 0.3 is 0 Å². The number of nitrogens with one attached hydrogen (secondary N) is 1. The van der Waals surface area contributed by atoms with Crippen molar-refractivity contribution in [2.24, 2.45) is 5.92 Å². The third-order valence-electron chi connectivity index (χ3n) is 3.34. The number of nitro benzene ring substituents is 1. The molecule has 3 rings (SSSR count). The fraction of sp³-hybridized carbons (Fsp3) is 0.286. The summed E-state index contributed by atoms with van der Waals surface area (Å²) in [5.74, 6) is 0.689. The van der Waals surface area contributed by atoms with Crippen LogP contribution in [-0.4, -0.2) is 4.92 Å². The van der Waals surface area contributed by atoms with Gasteiger partial charge in [-0.1, -0.05) is 6.07 Å². The van der Waals surface area contributed by atoms with Crippen LogP contribution < -0.4 is 5.32 Å². The molecule has 1 heterocycles. The first kappa shape index (κ1) is 12.2. The normalized spacial score (nSPS) is 16.0. The maximum absolute atomic E-state index is 10.6. The first-order valence-electron chi connectivity index (χ1n) is 6.28. The fourth-order valence-electron chi connectivity index (χ4n) is 2.18. The molecule has 1 aromatic carbocycles. The Kier molecular flexibility index (Phi) is 3.21. The Bertz CT molecular complexity index is 562. The van der Waals surface area contributed by atoms with E-state index in [1.54, 1.807) is 35.6 Å². The monoisotopic (exact) mass is 274 g/mol. The molecular formula is C14H14N2O2S. The summed E-state index contributed by atoms with van der Waals surface area (Å²) < 4.78 is 0. The summed E-state index contributed by atoms with van der Waals surface area (Å²) in [7, 11) is 0. The van der Waals surface area contributed by atoms with Crippen molar-refractivity contribution in [3.63, 3.8) is 0 Å². The van der Waals surface area contributed by atoms with Gasteiger partial charge in [-0.3, -0.25) is 10.1 Å². The summed E-state index contributed by atoms with van der Waals surface area (Å²) in [6.07, 6.45) is 2.51. The van der Waals surface area contributed by atoms with Crippen LogP contribution in [0.15, 0.2) is 41.8 Å². The Morgan fingerprint density at radius 2 is 2.00 bits per heavy atom. The highest BCUT2D eigenvalue weighted by atomic mass is 32.1. The minimum Gasteiger partial charge on any atom is -0.377 e. The van der Waals surface area contributed by atoms with E-state index in [4.69, 9.17) is 0 Å². The van der Waals surface area contributed by atoms with E-state index in [1.165, 1.54) is 17.7 Å². The van der Waals surface area contributed by atoms with Crippen LogP contribution >= 0.6 is 11.3 Å². The lowest BCUT2D eigenvalue weighted by Gasteiger charge is -2.18. The summed E-state index contributed by atoms with van der Waals surface area (Å²) in [6.45, 7) is 0. The molecule has 0 spiro atoms. The summed E-state index contributed by atoms with van der Waals surface area (Å²) in [4.78, 5) is 11.6. The van der Waals surface area contributed by atoms with Crippen molar-refractivity contribution in [1.82, 2.24) is 0 Å². The number of benzene rings is 1.